The average molecular weight is 182 g/mol. The van der Waals surface area contributed by atoms with Crippen molar-refractivity contribution in [3.8, 4) is 0 Å². The van der Waals surface area contributed by atoms with Gasteiger partial charge < -0.3 is 0 Å². The monoisotopic (exact) mass is 182 g/mol. The van der Waals surface area contributed by atoms with E-state index in [0.29, 0.717) is 5.56 Å². The van der Waals surface area contributed by atoms with Gasteiger partial charge in [0.1, 0.15) is 0 Å². The lowest BCUT2D eigenvalue weighted by Crippen LogP contribution is -2.26. The summed E-state index contributed by atoms with van der Waals surface area (Å²) in [5.41, 5.74) is 0.623. The van der Waals surface area contributed by atoms with Crippen molar-refractivity contribution < 1.29 is 13.6 Å². The van der Waals surface area contributed by atoms with E-state index < -0.39 is 17.6 Å². The standard InChI is InChI=1S/C10H8F2O/c1-6-7-4-2-3-5-8(7)9(13)10(6,11)12/h2-6H,1H3. The van der Waals surface area contributed by atoms with Crippen LogP contribution in [0.4, 0.5) is 8.78 Å². The number of halogens is 2. The maximum atomic E-state index is 13.2. The molecule has 1 atom stereocenters. The summed E-state index contributed by atoms with van der Waals surface area (Å²) in [4.78, 5) is 11.2. The highest BCUT2D eigenvalue weighted by molar-refractivity contribution is 6.06. The van der Waals surface area contributed by atoms with E-state index in [-0.39, 0.29) is 5.56 Å². The van der Waals surface area contributed by atoms with Crippen LogP contribution in [0.25, 0.3) is 0 Å². The van der Waals surface area contributed by atoms with Crippen LogP contribution in [-0.4, -0.2) is 11.7 Å². The van der Waals surface area contributed by atoms with Crippen molar-refractivity contribution in [1.82, 2.24) is 0 Å². The van der Waals surface area contributed by atoms with Crippen LogP contribution in [0, 0.1) is 0 Å². The molecule has 1 aliphatic carbocycles. The van der Waals surface area contributed by atoms with Gasteiger partial charge in [0.25, 0.3) is 0 Å². The summed E-state index contributed by atoms with van der Waals surface area (Å²) in [6.45, 7) is 1.38. The third-order valence-electron chi connectivity index (χ3n) is 2.52. The Morgan fingerprint density at radius 3 is 2.54 bits per heavy atom. The van der Waals surface area contributed by atoms with Crippen LogP contribution in [0.15, 0.2) is 24.3 Å². The lowest BCUT2D eigenvalue weighted by atomic mass is 10.0. The van der Waals surface area contributed by atoms with E-state index >= 15 is 0 Å². The van der Waals surface area contributed by atoms with Gasteiger partial charge in [-0.1, -0.05) is 31.2 Å². The van der Waals surface area contributed by atoms with Gasteiger partial charge in [-0.2, -0.15) is 8.78 Å². The highest BCUT2D eigenvalue weighted by Gasteiger charge is 2.52. The number of rotatable bonds is 0. The second-order valence-electron chi connectivity index (χ2n) is 3.26. The molecule has 1 nitrogen and oxygen atoms in total. The predicted molar refractivity (Wildman–Crippen MR) is 44.1 cm³/mol. The normalized spacial score (nSPS) is 24.5. The van der Waals surface area contributed by atoms with E-state index in [4.69, 9.17) is 0 Å². The zero-order chi connectivity index (χ0) is 9.64. The second-order valence-corrected chi connectivity index (χ2v) is 3.26. The minimum absolute atomic E-state index is 0.167. The fourth-order valence-corrected chi connectivity index (χ4v) is 1.65. The summed E-state index contributed by atoms with van der Waals surface area (Å²) < 4.78 is 26.3. The number of ketones is 1. The summed E-state index contributed by atoms with van der Waals surface area (Å²) >= 11 is 0. The molecule has 68 valence electrons. The van der Waals surface area contributed by atoms with Crippen LogP contribution in [0.1, 0.15) is 28.8 Å². The summed E-state index contributed by atoms with van der Waals surface area (Å²) in [5, 5.41) is 0. The molecule has 0 heterocycles. The Morgan fingerprint density at radius 2 is 1.92 bits per heavy atom. The van der Waals surface area contributed by atoms with Gasteiger partial charge in [-0.15, -0.1) is 0 Å². The Labute approximate surface area is 74.4 Å². The fraction of sp³-hybridized carbons (Fsp3) is 0.300. The maximum Gasteiger partial charge on any atom is 0.316 e. The first-order valence-corrected chi connectivity index (χ1v) is 4.06. The summed E-state index contributed by atoms with van der Waals surface area (Å²) in [5.74, 6) is -5.25. The molecule has 1 aromatic rings. The van der Waals surface area contributed by atoms with E-state index in [2.05, 4.69) is 0 Å². The largest absolute Gasteiger partial charge is 0.316 e. The van der Waals surface area contributed by atoms with E-state index in [1.807, 2.05) is 0 Å². The van der Waals surface area contributed by atoms with Gasteiger partial charge in [0, 0.05) is 5.56 Å². The van der Waals surface area contributed by atoms with Crippen molar-refractivity contribution >= 4 is 5.78 Å². The molecule has 0 N–H and O–H groups in total. The van der Waals surface area contributed by atoms with Gasteiger partial charge in [-0.05, 0) is 5.56 Å². The zero-order valence-corrected chi connectivity index (χ0v) is 7.05. The maximum absolute atomic E-state index is 13.2. The van der Waals surface area contributed by atoms with Crippen LogP contribution in [0.2, 0.25) is 0 Å². The number of carbonyl (C=O) groups excluding carboxylic acids is 1. The molecule has 0 fully saturated rings. The Balaban J connectivity index is 2.64. The van der Waals surface area contributed by atoms with Crippen molar-refractivity contribution in [2.24, 2.45) is 0 Å². The number of hydrogen-bond donors (Lipinski definition) is 0. The molecule has 0 bridgehead atoms. The molecular formula is C10H8F2O. The Bertz CT molecular complexity index is 371. The van der Waals surface area contributed by atoms with Gasteiger partial charge in [0.05, 0.1) is 5.92 Å². The average Bonchev–Trinajstić information content (AvgIpc) is 2.30. The van der Waals surface area contributed by atoms with E-state index in [0.717, 1.165) is 0 Å². The van der Waals surface area contributed by atoms with Crippen molar-refractivity contribution in [3.63, 3.8) is 0 Å². The van der Waals surface area contributed by atoms with Gasteiger partial charge in [-0.25, -0.2) is 0 Å². The molecule has 0 amide bonds. The molecule has 13 heavy (non-hydrogen) atoms. The first kappa shape index (κ1) is 8.35. The third-order valence-corrected chi connectivity index (χ3v) is 2.52. The van der Waals surface area contributed by atoms with E-state index in [1.54, 1.807) is 18.2 Å². The van der Waals surface area contributed by atoms with Crippen molar-refractivity contribution in [2.45, 2.75) is 18.8 Å². The molecule has 0 radical (unpaired) electrons. The van der Waals surface area contributed by atoms with Crippen molar-refractivity contribution in [1.29, 1.82) is 0 Å². The number of benzene rings is 1. The Kier molecular flexibility index (Phi) is 1.53. The number of fused-ring (bicyclic) bond motifs is 1. The molecule has 0 saturated heterocycles. The summed E-state index contributed by atoms with van der Waals surface area (Å²) in [7, 11) is 0. The van der Waals surface area contributed by atoms with Crippen LogP contribution < -0.4 is 0 Å². The second kappa shape index (κ2) is 2.37. The quantitative estimate of drug-likeness (QED) is 0.602. The minimum atomic E-state index is -3.22. The van der Waals surface area contributed by atoms with Gasteiger partial charge in [0.15, 0.2) is 0 Å². The van der Waals surface area contributed by atoms with E-state index in [9.17, 15) is 13.6 Å². The number of alkyl halides is 2. The molecule has 0 spiro atoms. The lowest BCUT2D eigenvalue weighted by molar-refractivity contribution is 0.00260. The number of carbonyl (C=O) groups is 1. The molecule has 0 aliphatic heterocycles. The molecule has 1 aliphatic rings. The van der Waals surface area contributed by atoms with Gasteiger partial charge >= 0.3 is 5.92 Å². The molecule has 1 unspecified atom stereocenters. The fourth-order valence-electron chi connectivity index (χ4n) is 1.65. The highest BCUT2D eigenvalue weighted by atomic mass is 19.3. The summed E-state index contributed by atoms with van der Waals surface area (Å²) in [6.07, 6.45) is 0. The highest BCUT2D eigenvalue weighted by Crippen LogP contribution is 2.43. The zero-order valence-electron chi connectivity index (χ0n) is 7.05. The van der Waals surface area contributed by atoms with Crippen molar-refractivity contribution in [3.05, 3.63) is 35.4 Å². The van der Waals surface area contributed by atoms with Gasteiger partial charge in [-0.3, -0.25) is 4.79 Å². The predicted octanol–water partition coefficient (Wildman–Crippen LogP) is 2.62. The minimum Gasteiger partial charge on any atom is -0.287 e. The molecule has 0 saturated carbocycles. The number of Topliss-reactive ketones (excluding diaryl/α,β-unsaturated/α-hetero) is 1. The molecule has 3 heteroatoms. The number of hydrogen-bond acceptors (Lipinski definition) is 1. The Hall–Kier alpha value is -1.25. The lowest BCUT2D eigenvalue weighted by Gasteiger charge is -2.12. The molecular weight excluding hydrogens is 174 g/mol. The SMILES string of the molecule is CC1c2ccccc2C(=O)C1(F)F. The van der Waals surface area contributed by atoms with Crippen LogP contribution >= 0.6 is 0 Å². The first-order chi connectivity index (χ1) is 6.05. The van der Waals surface area contributed by atoms with Crippen LogP contribution in [0.3, 0.4) is 0 Å². The van der Waals surface area contributed by atoms with Crippen LogP contribution in [0.5, 0.6) is 0 Å². The smallest absolute Gasteiger partial charge is 0.287 e. The molecule has 1 aromatic carbocycles. The summed E-state index contributed by atoms with van der Waals surface area (Å²) in [6, 6.07) is 6.31. The van der Waals surface area contributed by atoms with Gasteiger partial charge in [0.2, 0.25) is 5.78 Å². The van der Waals surface area contributed by atoms with E-state index in [1.165, 1.54) is 13.0 Å². The third kappa shape index (κ3) is 0.930. The Morgan fingerprint density at radius 1 is 1.31 bits per heavy atom. The van der Waals surface area contributed by atoms with Crippen LogP contribution in [-0.2, 0) is 0 Å². The molecule has 2 rings (SSSR count). The first-order valence-electron chi connectivity index (χ1n) is 4.06. The van der Waals surface area contributed by atoms with Crippen molar-refractivity contribution in [2.75, 3.05) is 0 Å². The topological polar surface area (TPSA) is 17.1 Å². The molecule has 0 aromatic heterocycles.